The maximum Gasteiger partial charge on any atom is 0.399 e. The van der Waals surface area contributed by atoms with Crippen LogP contribution in [-0.4, -0.2) is 139 Å². The largest absolute Gasteiger partial charge is 0.484 e. The molecule has 4 aromatic carbocycles. The van der Waals surface area contributed by atoms with Gasteiger partial charge in [0, 0.05) is 55.2 Å². The van der Waals surface area contributed by atoms with Crippen molar-refractivity contribution >= 4 is 81.7 Å². The lowest BCUT2D eigenvalue weighted by molar-refractivity contribution is -0.150. The zero-order valence-corrected chi connectivity index (χ0v) is 53.3. The number of hydrogen-bond donors (Lipinski definition) is 7. The van der Waals surface area contributed by atoms with E-state index in [9.17, 15) is 57.0 Å². The molecule has 25 heteroatoms. The number of piperidine rings is 1. The Bertz CT molecular complexity index is 3700. The van der Waals surface area contributed by atoms with E-state index in [4.69, 9.17) is 4.74 Å². The Kier molecular flexibility index (Phi) is 19.7. The van der Waals surface area contributed by atoms with E-state index >= 15 is 4.79 Å². The maximum atomic E-state index is 15.3. The van der Waals surface area contributed by atoms with Crippen molar-refractivity contribution in [2.24, 2.45) is 10.8 Å². The highest BCUT2D eigenvalue weighted by atomic mass is 32.1. The number of nitrogens with one attached hydrogen (secondary N) is 4. The number of thiophene rings is 1. The van der Waals surface area contributed by atoms with Crippen molar-refractivity contribution in [3.63, 3.8) is 0 Å². The number of thiazole rings is 1. The van der Waals surface area contributed by atoms with Gasteiger partial charge in [0.2, 0.25) is 29.5 Å². The van der Waals surface area contributed by atoms with Gasteiger partial charge in [0.25, 0.3) is 11.8 Å². The van der Waals surface area contributed by atoms with Gasteiger partial charge >= 0.3 is 13.3 Å². The molecule has 9 rings (SSSR count). The molecule has 3 aliphatic rings. The third kappa shape index (κ3) is 15.1. The van der Waals surface area contributed by atoms with Crippen LogP contribution < -0.4 is 26.0 Å². The van der Waals surface area contributed by atoms with Gasteiger partial charge in [0.05, 0.1) is 39.6 Å². The van der Waals surface area contributed by atoms with Gasteiger partial charge in [-0.05, 0) is 101 Å². The van der Waals surface area contributed by atoms with Crippen LogP contribution in [0.4, 0.5) is 8.78 Å². The van der Waals surface area contributed by atoms with Crippen molar-refractivity contribution in [2.75, 3.05) is 32.8 Å². The number of carbonyl (C=O) groups excluding carboxylic acids is 7. The second kappa shape index (κ2) is 26.5. The summed E-state index contributed by atoms with van der Waals surface area (Å²) in [6.07, 6.45) is 0.687. The lowest BCUT2D eigenvalue weighted by Gasteiger charge is -2.43. The molecule has 0 bridgehead atoms. The number of aromatic nitrogens is 1. The molecule has 0 radical (unpaired) electrons. The second-order valence-corrected chi connectivity index (χ2v) is 28.9. The van der Waals surface area contributed by atoms with Gasteiger partial charge in [-0.2, -0.15) is 8.78 Å². The van der Waals surface area contributed by atoms with Crippen molar-refractivity contribution in [3.8, 4) is 16.2 Å². The number of benzene rings is 4. The Hall–Kier alpha value is -7.47. The van der Waals surface area contributed by atoms with E-state index in [0.717, 1.165) is 69.1 Å². The average Bonchev–Trinajstić information content (AvgIpc) is 1.77. The fraction of sp³-hybridized carbons (Fsp3) is 0.438. The van der Waals surface area contributed by atoms with Gasteiger partial charge in [-0.25, -0.2) is 4.98 Å². The van der Waals surface area contributed by atoms with Crippen LogP contribution in [-0.2, 0) is 52.0 Å². The number of likely N-dealkylation sites (tertiary alicyclic amines) is 2. The number of alkyl halides is 2. The molecule has 6 aromatic rings. The number of aliphatic hydroxyl groups excluding tert-OH is 1. The molecular formula is C64H75F2N8O12PS2. The molecule has 5 heterocycles. The highest BCUT2D eigenvalue weighted by Gasteiger charge is 2.51. The summed E-state index contributed by atoms with van der Waals surface area (Å²) in [7, 11) is -5.88. The Balaban J connectivity index is 0.857. The number of amides is 7. The van der Waals surface area contributed by atoms with Crippen LogP contribution >= 0.6 is 30.3 Å². The minimum atomic E-state index is -5.88. The van der Waals surface area contributed by atoms with Crippen molar-refractivity contribution < 1.29 is 66.5 Å². The third-order valence-electron chi connectivity index (χ3n) is 16.6. The highest BCUT2D eigenvalue weighted by Crippen LogP contribution is 2.59. The number of ether oxygens (including phenoxy) is 1. The summed E-state index contributed by atoms with van der Waals surface area (Å²) < 4.78 is 47.4. The molecule has 2 aromatic heterocycles. The van der Waals surface area contributed by atoms with E-state index < -0.39 is 115 Å². The number of hydrogen-bond acceptors (Lipinski definition) is 13. The number of carbonyl (C=O) groups is 7. The fourth-order valence-corrected chi connectivity index (χ4v) is 13.9. The number of aliphatic hydroxyl groups is 1. The van der Waals surface area contributed by atoms with E-state index in [1.807, 2.05) is 68.4 Å². The minimum absolute atomic E-state index is 0.00839. The zero-order chi connectivity index (χ0) is 64.5. The molecule has 20 nitrogen and oxygen atoms in total. The number of β-amino-alcohol motifs (C(OH)–C–C–N with tert-alkyl or cyclic N) is 1. The summed E-state index contributed by atoms with van der Waals surface area (Å²) in [5, 5.41) is 22.0. The average molecular weight is 1280 g/mol. The molecular weight excluding hydrogens is 1210 g/mol. The summed E-state index contributed by atoms with van der Waals surface area (Å²) >= 11 is 2.47. The molecule has 2 saturated heterocycles. The Morgan fingerprint density at radius 2 is 1.48 bits per heavy atom. The van der Waals surface area contributed by atoms with Crippen LogP contribution in [0.15, 0.2) is 103 Å². The predicted molar refractivity (Wildman–Crippen MR) is 333 cm³/mol. The number of nitrogens with zero attached hydrogens (tertiary/aromatic N) is 4. The molecule has 2 fully saturated rings. The molecule has 7 atom stereocenters. The Labute approximate surface area is 522 Å². The van der Waals surface area contributed by atoms with Crippen LogP contribution in [0.1, 0.15) is 123 Å². The molecule has 89 heavy (non-hydrogen) atoms. The molecule has 3 unspecified atom stereocenters. The molecule has 0 spiro atoms. The van der Waals surface area contributed by atoms with Crippen LogP contribution in [0.5, 0.6) is 5.75 Å². The van der Waals surface area contributed by atoms with E-state index in [-0.39, 0.29) is 53.8 Å². The summed E-state index contributed by atoms with van der Waals surface area (Å²) in [4.78, 5) is 128. The molecule has 3 aliphatic heterocycles. The minimum Gasteiger partial charge on any atom is -0.484 e. The smallest absolute Gasteiger partial charge is 0.399 e. The van der Waals surface area contributed by atoms with Crippen molar-refractivity contribution in [1.29, 1.82) is 0 Å². The Morgan fingerprint density at radius 3 is 2.15 bits per heavy atom. The normalized spacial score (nSPS) is 19.2. The van der Waals surface area contributed by atoms with Gasteiger partial charge in [-0.15, -0.1) is 22.7 Å². The van der Waals surface area contributed by atoms with Crippen molar-refractivity contribution in [1.82, 2.24) is 41.0 Å². The number of aryl methyl sites for hydroxylation is 1. The summed E-state index contributed by atoms with van der Waals surface area (Å²) in [6, 6.07) is 22.1. The quantitative estimate of drug-likeness (QED) is 0.0403. The van der Waals surface area contributed by atoms with E-state index in [2.05, 4.69) is 26.3 Å². The lowest BCUT2D eigenvalue weighted by atomic mass is 9.83. The first-order chi connectivity index (χ1) is 41.9. The summed E-state index contributed by atoms with van der Waals surface area (Å²) in [5.74, 6) is -3.71. The number of fused-ring (bicyclic) bond motifs is 2. The summed E-state index contributed by atoms with van der Waals surface area (Å²) in [5.41, 5.74) is -0.298. The lowest BCUT2D eigenvalue weighted by Crippen LogP contribution is -2.61. The van der Waals surface area contributed by atoms with Crippen molar-refractivity contribution in [2.45, 2.75) is 136 Å². The molecule has 474 valence electrons. The zero-order valence-electron chi connectivity index (χ0n) is 50.8. The Morgan fingerprint density at radius 1 is 0.798 bits per heavy atom. The van der Waals surface area contributed by atoms with Gasteiger partial charge in [0.15, 0.2) is 6.61 Å². The predicted octanol–water partition coefficient (Wildman–Crippen LogP) is 7.93. The molecule has 7 amide bonds. The van der Waals surface area contributed by atoms with E-state index in [1.165, 1.54) is 33.3 Å². The maximum absolute atomic E-state index is 15.3. The number of halogens is 2. The van der Waals surface area contributed by atoms with Gasteiger partial charge < -0.3 is 55.6 Å². The molecule has 0 saturated carbocycles. The fourth-order valence-electron chi connectivity index (χ4n) is 11.6. The van der Waals surface area contributed by atoms with Crippen molar-refractivity contribution in [3.05, 3.63) is 141 Å². The van der Waals surface area contributed by atoms with E-state index in [0.29, 0.717) is 23.4 Å². The topological polar surface area (TPSA) is 277 Å². The van der Waals surface area contributed by atoms with Crippen LogP contribution in [0.3, 0.4) is 0 Å². The van der Waals surface area contributed by atoms with Gasteiger partial charge in [0.1, 0.15) is 29.9 Å². The highest BCUT2D eigenvalue weighted by molar-refractivity contribution is 7.52. The van der Waals surface area contributed by atoms with Crippen LogP contribution in [0.2, 0.25) is 0 Å². The first kappa shape index (κ1) is 66.0. The molecule has 7 N–H and O–H groups in total. The summed E-state index contributed by atoms with van der Waals surface area (Å²) in [6.45, 7) is 13.8. The standard InChI is InChI=1S/C64H75F2N8O12PS2/c1-36(38-16-18-40(19-17-38)54-37(2)68-35-88-54)69-57(78)48-29-46(75)33-74(48)60(81)55(62(3,4)5)70-52(76)30-67-53(77)34-86-47-22-20-41-27-49(59(80)72-24-12-15-42(31-72)39-13-10-9-11-14-39)73(32-44(41)26-47)61(82)56(63(6,7)8)71-58(79)51-28-43-25-45(21-23-50(43)89-51)64(65,66)87(83,84)85/h9-11,13-14,16-23,25-26,28,35-36,42,46,48-49,55-56,75H,12,15,24,27,29-34H2,1-8H3,(H,67,77)(H,69,78)(H,70,76)(H,71,79)(H2,83,84,85)/t36?,42-,46+,48-,49-,55?,56?/m0/s1. The van der Waals surface area contributed by atoms with Gasteiger partial charge in [-0.1, -0.05) is 108 Å². The van der Waals surface area contributed by atoms with E-state index in [1.54, 1.807) is 70.2 Å². The third-order valence-corrected chi connectivity index (χ3v) is 19.7. The van der Waals surface area contributed by atoms with Gasteiger partial charge in [-0.3, -0.25) is 38.1 Å². The molecule has 0 aliphatic carbocycles. The first-order valence-electron chi connectivity index (χ1n) is 29.4. The van der Waals surface area contributed by atoms with Crippen LogP contribution in [0.25, 0.3) is 20.5 Å². The monoisotopic (exact) mass is 1280 g/mol. The SMILES string of the molecule is Cc1ncsc1-c1ccc(C(C)NC(=O)[C@@H]2C[C@@H](O)CN2C(=O)C(NC(=O)CNC(=O)COc2ccc3c(c2)CN(C(=O)C(NC(=O)c2cc4cc(C(F)(F)P(=O)(O)O)ccc4s2)C(C)(C)C)[C@H](C(=O)N2CCC[C@H](c4ccccc4)C2)C3)C(C)(C)C)cc1. The number of rotatable bonds is 18. The first-order valence-corrected chi connectivity index (χ1v) is 32.7. The van der Waals surface area contributed by atoms with Crippen LogP contribution in [0, 0.1) is 17.8 Å². The second-order valence-electron chi connectivity index (χ2n) is 25.3.